The Labute approximate surface area is 162 Å². The smallest absolute Gasteiger partial charge is 0.277 e. The number of rotatable bonds is 5. The summed E-state index contributed by atoms with van der Waals surface area (Å²) in [4.78, 5) is 16.5. The second-order valence-electron chi connectivity index (χ2n) is 6.74. The Morgan fingerprint density at radius 2 is 1.89 bits per heavy atom. The van der Waals surface area contributed by atoms with Gasteiger partial charge in [-0.3, -0.25) is 4.79 Å². The molecule has 2 aromatic carbocycles. The molecule has 1 amide bonds. The Kier molecular flexibility index (Phi) is 6.29. The van der Waals surface area contributed by atoms with Crippen LogP contribution in [0.4, 0.5) is 14.5 Å². The zero-order chi connectivity index (χ0) is 19.4. The van der Waals surface area contributed by atoms with Crippen molar-refractivity contribution in [2.45, 2.75) is 13.0 Å². The Balaban J connectivity index is 1.49. The van der Waals surface area contributed by atoms with E-state index in [0.717, 1.165) is 24.8 Å². The highest BCUT2D eigenvalue weighted by molar-refractivity contribution is 6.30. The van der Waals surface area contributed by atoms with Crippen LogP contribution < -0.4 is 10.2 Å². The minimum absolute atomic E-state index is 0.0233. The van der Waals surface area contributed by atoms with Gasteiger partial charge < -0.3 is 15.1 Å². The van der Waals surface area contributed by atoms with Crippen molar-refractivity contribution in [3.05, 3.63) is 64.7 Å². The van der Waals surface area contributed by atoms with E-state index in [9.17, 15) is 13.6 Å². The molecule has 0 radical (unpaired) electrons. The van der Waals surface area contributed by atoms with Crippen molar-refractivity contribution in [2.75, 3.05) is 37.6 Å². The van der Waals surface area contributed by atoms with Crippen LogP contribution >= 0.6 is 11.6 Å². The quantitative estimate of drug-likeness (QED) is 0.846. The Bertz CT molecular complexity index is 810. The van der Waals surface area contributed by atoms with E-state index in [1.165, 1.54) is 12.1 Å². The molecular weight excluding hydrogens is 372 g/mol. The summed E-state index contributed by atoms with van der Waals surface area (Å²) in [5.74, 6) is -1.16. The van der Waals surface area contributed by atoms with E-state index >= 15 is 0 Å². The molecule has 7 heteroatoms. The topological polar surface area (TPSA) is 40.2 Å². The van der Waals surface area contributed by atoms with Gasteiger partial charge >= 0.3 is 0 Å². The van der Waals surface area contributed by atoms with Crippen molar-refractivity contribution in [1.29, 1.82) is 0 Å². The maximum absolute atomic E-state index is 13.8. The summed E-state index contributed by atoms with van der Waals surface area (Å²) in [5.41, 5.74) is 1.46. The predicted molar refractivity (Wildman–Crippen MR) is 102 cm³/mol. The summed E-state index contributed by atoms with van der Waals surface area (Å²) in [7, 11) is 0. The van der Waals surface area contributed by atoms with Gasteiger partial charge in [0.25, 0.3) is 5.91 Å². The van der Waals surface area contributed by atoms with Crippen molar-refractivity contribution in [1.82, 2.24) is 4.90 Å². The minimum Gasteiger partial charge on any atom is -0.368 e. The molecule has 144 valence electrons. The number of nitrogens with two attached hydrogens (primary N) is 1. The molecular formula is C20H23ClF2N3O+. The van der Waals surface area contributed by atoms with Gasteiger partial charge in [-0.25, -0.2) is 8.78 Å². The molecule has 4 nitrogen and oxygen atoms in total. The highest BCUT2D eigenvalue weighted by Gasteiger charge is 2.23. The molecule has 2 aromatic rings. The van der Waals surface area contributed by atoms with Gasteiger partial charge in [-0.15, -0.1) is 0 Å². The lowest BCUT2D eigenvalue weighted by atomic mass is 10.1. The monoisotopic (exact) mass is 394 g/mol. The van der Waals surface area contributed by atoms with Crippen molar-refractivity contribution in [3.63, 3.8) is 0 Å². The van der Waals surface area contributed by atoms with Gasteiger partial charge in [0, 0.05) is 48.5 Å². The van der Waals surface area contributed by atoms with E-state index in [2.05, 4.69) is 4.90 Å². The lowest BCUT2D eigenvalue weighted by Gasteiger charge is -2.36. The highest BCUT2D eigenvalue weighted by Crippen LogP contribution is 2.20. The zero-order valence-electron chi connectivity index (χ0n) is 15.2. The molecule has 0 bridgehead atoms. The van der Waals surface area contributed by atoms with E-state index in [-0.39, 0.29) is 18.5 Å². The van der Waals surface area contributed by atoms with Crippen molar-refractivity contribution in [2.24, 2.45) is 0 Å². The highest BCUT2D eigenvalue weighted by atomic mass is 35.5. The maximum Gasteiger partial charge on any atom is 0.277 e. The fourth-order valence-corrected chi connectivity index (χ4v) is 3.48. The Morgan fingerprint density at radius 3 is 2.56 bits per heavy atom. The van der Waals surface area contributed by atoms with E-state index in [1.54, 1.807) is 12.2 Å². The third-order valence-electron chi connectivity index (χ3n) is 4.90. The number of piperazine rings is 1. The van der Waals surface area contributed by atoms with Crippen LogP contribution in [0.5, 0.6) is 0 Å². The molecule has 1 fully saturated rings. The van der Waals surface area contributed by atoms with E-state index < -0.39 is 11.6 Å². The van der Waals surface area contributed by atoms with Gasteiger partial charge in [0.2, 0.25) is 0 Å². The van der Waals surface area contributed by atoms with Crippen LogP contribution in [0, 0.1) is 11.6 Å². The molecule has 0 aromatic heterocycles. The molecule has 1 heterocycles. The summed E-state index contributed by atoms with van der Waals surface area (Å²) < 4.78 is 26.9. The van der Waals surface area contributed by atoms with Crippen LogP contribution in [0.3, 0.4) is 0 Å². The normalized spacial score (nSPS) is 15.7. The standard InChI is InChI=1S/C20H22ClF2N3O/c1-14(18-6-5-16(22)12-19(18)23)24-13-20(27)26-9-7-25(8-10-26)17-4-2-3-15(21)11-17/h2-6,11-12,14,24H,7-10,13H2,1H3/p+1/t14-/m0/s1. The summed E-state index contributed by atoms with van der Waals surface area (Å²) in [6, 6.07) is 11.0. The van der Waals surface area contributed by atoms with E-state index in [0.29, 0.717) is 23.7 Å². The van der Waals surface area contributed by atoms with Crippen LogP contribution in [-0.4, -0.2) is 43.5 Å². The lowest BCUT2D eigenvalue weighted by molar-refractivity contribution is -0.683. The first-order valence-corrected chi connectivity index (χ1v) is 9.38. The third-order valence-corrected chi connectivity index (χ3v) is 5.14. The van der Waals surface area contributed by atoms with Gasteiger partial charge in [0.05, 0.1) is 0 Å². The van der Waals surface area contributed by atoms with Crippen molar-refractivity contribution in [3.8, 4) is 0 Å². The molecule has 1 atom stereocenters. The number of benzene rings is 2. The number of carbonyl (C=O) groups is 1. The summed E-state index contributed by atoms with van der Waals surface area (Å²) in [6.07, 6.45) is 0. The predicted octanol–water partition coefficient (Wildman–Crippen LogP) is 2.59. The lowest BCUT2D eigenvalue weighted by Crippen LogP contribution is -2.87. The SMILES string of the molecule is C[C@H]([NH2+]CC(=O)N1CCN(c2cccc(Cl)c2)CC1)c1ccc(F)cc1F. The average Bonchev–Trinajstić information content (AvgIpc) is 2.66. The molecule has 1 aliphatic rings. The van der Waals surface area contributed by atoms with Crippen LogP contribution in [0.15, 0.2) is 42.5 Å². The van der Waals surface area contributed by atoms with Gasteiger partial charge in [0.1, 0.15) is 17.7 Å². The summed E-state index contributed by atoms with van der Waals surface area (Å²) in [5, 5.41) is 2.48. The van der Waals surface area contributed by atoms with Gasteiger partial charge in [0.15, 0.2) is 6.54 Å². The third kappa shape index (κ3) is 4.96. The molecule has 27 heavy (non-hydrogen) atoms. The Morgan fingerprint density at radius 1 is 1.15 bits per heavy atom. The van der Waals surface area contributed by atoms with E-state index in [1.807, 2.05) is 29.2 Å². The number of hydrogen-bond acceptors (Lipinski definition) is 2. The largest absolute Gasteiger partial charge is 0.368 e. The van der Waals surface area contributed by atoms with Crippen molar-refractivity contribution < 1.29 is 18.9 Å². The van der Waals surface area contributed by atoms with Crippen molar-refractivity contribution >= 4 is 23.2 Å². The van der Waals surface area contributed by atoms with Gasteiger partial charge in [-0.2, -0.15) is 0 Å². The molecule has 1 aliphatic heterocycles. The second-order valence-corrected chi connectivity index (χ2v) is 7.18. The number of anilines is 1. The number of halogens is 3. The number of nitrogens with zero attached hydrogens (tertiary/aromatic N) is 2. The number of hydrogen-bond donors (Lipinski definition) is 1. The summed E-state index contributed by atoms with van der Waals surface area (Å²) >= 11 is 6.04. The summed E-state index contributed by atoms with van der Waals surface area (Å²) in [6.45, 7) is 4.80. The maximum atomic E-state index is 13.8. The second kappa shape index (κ2) is 8.67. The molecule has 2 N–H and O–H groups in total. The minimum atomic E-state index is -0.600. The first kappa shape index (κ1) is 19.6. The van der Waals surface area contributed by atoms with Crippen LogP contribution in [0.2, 0.25) is 5.02 Å². The first-order chi connectivity index (χ1) is 12.9. The van der Waals surface area contributed by atoms with Crippen LogP contribution in [-0.2, 0) is 4.79 Å². The van der Waals surface area contributed by atoms with Crippen LogP contribution in [0.1, 0.15) is 18.5 Å². The molecule has 0 unspecified atom stereocenters. The molecule has 3 rings (SSSR count). The molecule has 0 saturated carbocycles. The molecule has 0 aliphatic carbocycles. The first-order valence-electron chi connectivity index (χ1n) is 9.00. The Hall–Kier alpha value is -2.18. The molecule has 1 saturated heterocycles. The van der Waals surface area contributed by atoms with Gasteiger partial charge in [-0.05, 0) is 37.3 Å². The number of quaternary nitrogens is 1. The number of amides is 1. The van der Waals surface area contributed by atoms with Crippen LogP contribution in [0.25, 0.3) is 0 Å². The average molecular weight is 395 g/mol. The van der Waals surface area contributed by atoms with Gasteiger partial charge in [-0.1, -0.05) is 17.7 Å². The number of carbonyl (C=O) groups excluding carboxylic acids is 1. The fraction of sp³-hybridized carbons (Fsp3) is 0.350. The van der Waals surface area contributed by atoms with E-state index in [4.69, 9.17) is 11.6 Å². The fourth-order valence-electron chi connectivity index (χ4n) is 3.29. The zero-order valence-corrected chi connectivity index (χ0v) is 15.9. The molecule has 0 spiro atoms.